The summed E-state index contributed by atoms with van der Waals surface area (Å²) >= 11 is 0. The Balaban J connectivity index is 2.61. The summed E-state index contributed by atoms with van der Waals surface area (Å²) in [5.74, 6) is 0. The van der Waals surface area contributed by atoms with Gasteiger partial charge in [0.1, 0.15) is 0 Å². The predicted octanol–water partition coefficient (Wildman–Crippen LogP) is 1.25. The molecular formula is C16H34N2O3. The van der Waals surface area contributed by atoms with Crippen LogP contribution in [0.1, 0.15) is 40.0 Å². The third-order valence-electron chi connectivity index (χ3n) is 4.32. The van der Waals surface area contributed by atoms with Crippen LogP contribution in [0.4, 0.5) is 0 Å². The molecule has 0 aromatic carbocycles. The van der Waals surface area contributed by atoms with Gasteiger partial charge in [0.25, 0.3) is 0 Å². The highest BCUT2D eigenvalue weighted by molar-refractivity contribution is 4.95. The van der Waals surface area contributed by atoms with E-state index in [-0.39, 0.29) is 12.1 Å². The van der Waals surface area contributed by atoms with Gasteiger partial charge in [0.2, 0.25) is 0 Å². The molecule has 3 atom stereocenters. The number of nitrogens with zero attached hydrogens (tertiary/aromatic N) is 1. The van der Waals surface area contributed by atoms with Gasteiger partial charge in [-0.3, -0.25) is 4.90 Å². The van der Waals surface area contributed by atoms with Crippen LogP contribution < -0.4 is 5.32 Å². The minimum absolute atomic E-state index is 0.171. The SMILES string of the molecule is COCCN(C(C)COC)C(C)CC(C)(CO)NC1CC1. The van der Waals surface area contributed by atoms with Crippen LogP contribution in [-0.4, -0.2) is 74.3 Å². The molecule has 0 heterocycles. The van der Waals surface area contributed by atoms with Crippen molar-refractivity contribution in [2.45, 2.75) is 63.7 Å². The largest absolute Gasteiger partial charge is 0.394 e. The van der Waals surface area contributed by atoms with Gasteiger partial charge in [-0.05, 0) is 40.0 Å². The molecule has 0 aliphatic heterocycles. The van der Waals surface area contributed by atoms with E-state index in [4.69, 9.17) is 9.47 Å². The van der Waals surface area contributed by atoms with Gasteiger partial charge in [-0.2, -0.15) is 0 Å². The van der Waals surface area contributed by atoms with E-state index in [1.54, 1.807) is 14.2 Å². The van der Waals surface area contributed by atoms with Crippen LogP contribution in [0.3, 0.4) is 0 Å². The molecule has 0 spiro atoms. The number of methoxy groups -OCH3 is 2. The summed E-state index contributed by atoms with van der Waals surface area (Å²) in [7, 11) is 3.47. The van der Waals surface area contributed by atoms with Gasteiger partial charge in [0.05, 0.1) is 19.8 Å². The van der Waals surface area contributed by atoms with Crippen LogP contribution in [0.25, 0.3) is 0 Å². The quantitative estimate of drug-likeness (QED) is 0.568. The number of nitrogens with one attached hydrogen (secondary N) is 1. The molecule has 1 aliphatic carbocycles. The fraction of sp³-hybridized carbons (Fsp3) is 1.00. The Hall–Kier alpha value is -0.200. The molecule has 0 amide bonds. The molecule has 21 heavy (non-hydrogen) atoms. The highest BCUT2D eigenvalue weighted by Crippen LogP contribution is 2.26. The first-order valence-electron chi connectivity index (χ1n) is 8.08. The minimum atomic E-state index is -0.210. The van der Waals surface area contributed by atoms with Crippen LogP contribution in [0.2, 0.25) is 0 Å². The van der Waals surface area contributed by atoms with Crippen LogP contribution in [-0.2, 0) is 9.47 Å². The second-order valence-corrected chi connectivity index (χ2v) is 6.73. The Bertz CT molecular complexity index is 287. The highest BCUT2D eigenvalue weighted by Gasteiger charge is 2.34. The highest BCUT2D eigenvalue weighted by atomic mass is 16.5. The third-order valence-corrected chi connectivity index (χ3v) is 4.32. The Morgan fingerprint density at radius 1 is 1.24 bits per heavy atom. The van der Waals surface area contributed by atoms with E-state index in [1.165, 1.54) is 12.8 Å². The number of hydrogen-bond donors (Lipinski definition) is 2. The normalized spacial score (nSPS) is 21.3. The lowest BCUT2D eigenvalue weighted by molar-refractivity contribution is 0.0342. The average molecular weight is 302 g/mol. The number of ether oxygens (including phenoxy) is 2. The lowest BCUT2D eigenvalue weighted by Crippen LogP contribution is -2.53. The van der Waals surface area contributed by atoms with E-state index in [0.29, 0.717) is 31.3 Å². The topological polar surface area (TPSA) is 54.0 Å². The van der Waals surface area contributed by atoms with Crippen molar-refractivity contribution in [1.82, 2.24) is 10.2 Å². The lowest BCUT2D eigenvalue weighted by atomic mass is 9.93. The van der Waals surface area contributed by atoms with Crippen LogP contribution in [0, 0.1) is 0 Å². The average Bonchev–Trinajstić information content (AvgIpc) is 3.23. The van der Waals surface area contributed by atoms with E-state index < -0.39 is 0 Å². The van der Waals surface area contributed by atoms with E-state index in [0.717, 1.165) is 13.0 Å². The summed E-state index contributed by atoms with van der Waals surface area (Å²) < 4.78 is 10.5. The number of rotatable bonds is 12. The zero-order chi connectivity index (χ0) is 15.9. The number of aliphatic hydroxyl groups excluding tert-OH is 1. The first-order valence-corrected chi connectivity index (χ1v) is 8.08. The number of aliphatic hydroxyl groups is 1. The molecule has 5 nitrogen and oxygen atoms in total. The van der Waals surface area contributed by atoms with Crippen molar-refractivity contribution in [3.63, 3.8) is 0 Å². The van der Waals surface area contributed by atoms with Gasteiger partial charge < -0.3 is 19.9 Å². The van der Waals surface area contributed by atoms with Crippen molar-refractivity contribution < 1.29 is 14.6 Å². The Labute approximate surface area is 130 Å². The Morgan fingerprint density at radius 2 is 1.90 bits per heavy atom. The summed E-state index contributed by atoms with van der Waals surface area (Å²) in [6, 6.07) is 1.29. The molecule has 0 saturated heterocycles. The molecule has 5 heteroatoms. The van der Waals surface area contributed by atoms with E-state index in [1.807, 2.05) is 0 Å². The number of hydrogen-bond acceptors (Lipinski definition) is 5. The molecule has 0 aromatic heterocycles. The molecule has 2 N–H and O–H groups in total. The molecule has 1 fully saturated rings. The minimum Gasteiger partial charge on any atom is -0.394 e. The van der Waals surface area contributed by atoms with Gasteiger partial charge in [-0.25, -0.2) is 0 Å². The van der Waals surface area contributed by atoms with Crippen molar-refractivity contribution in [3.8, 4) is 0 Å². The monoisotopic (exact) mass is 302 g/mol. The summed E-state index contributed by atoms with van der Waals surface area (Å²) in [5.41, 5.74) is -0.210. The third kappa shape index (κ3) is 6.61. The maximum atomic E-state index is 9.78. The molecule has 0 aromatic rings. The molecular weight excluding hydrogens is 268 g/mol. The van der Waals surface area contributed by atoms with Crippen molar-refractivity contribution in [2.75, 3.05) is 40.6 Å². The standard InChI is InChI=1S/C16H34N2O3/c1-13(10-16(3,12-19)17-15-6-7-15)18(8-9-20-4)14(2)11-21-5/h13-15,17,19H,6-12H2,1-5H3. The van der Waals surface area contributed by atoms with Crippen molar-refractivity contribution >= 4 is 0 Å². The van der Waals surface area contributed by atoms with Gasteiger partial charge >= 0.3 is 0 Å². The molecule has 1 rings (SSSR count). The van der Waals surface area contributed by atoms with E-state index >= 15 is 0 Å². The molecule has 1 saturated carbocycles. The molecule has 0 bridgehead atoms. The summed E-state index contributed by atoms with van der Waals surface area (Å²) in [6.07, 6.45) is 3.38. The molecule has 126 valence electrons. The van der Waals surface area contributed by atoms with Gasteiger partial charge in [0, 0.05) is 44.4 Å². The first kappa shape index (κ1) is 18.8. The smallest absolute Gasteiger partial charge is 0.0615 e. The maximum absolute atomic E-state index is 9.78. The van der Waals surface area contributed by atoms with Gasteiger partial charge in [-0.1, -0.05) is 0 Å². The van der Waals surface area contributed by atoms with E-state index in [2.05, 4.69) is 31.0 Å². The Kier molecular flexibility index (Phi) is 8.13. The van der Waals surface area contributed by atoms with Crippen molar-refractivity contribution in [1.29, 1.82) is 0 Å². The summed E-state index contributed by atoms with van der Waals surface area (Å²) in [4.78, 5) is 2.41. The fourth-order valence-electron chi connectivity index (χ4n) is 3.07. The van der Waals surface area contributed by atoms with Crippen molar-refractivity contribution in [3.05, 3.63) is 0 Å². The Morgan fingerprint density at radius 3 is 2.38 bits per heavy atom. The van der Waals surface area contributed by atoms with Crippen LogP contribution in [0.5, 0.6) is 0 Å². The van der Waals surface area contributed by atoms with Crippen molar-refractivity contribution in [2.24, 2.45) is 0 Å². The summed E-state index contributed by atoms with van der Waals surface area (Å²) in [5, 5.41) is 13.4. The zero-order valence-electron chi connectivity index (χ0n) is 14.4. The van der Waals surface area contributed by atoms with E-state index in [9.17, 15) is 5.11 Å². The molecule has 0 radical (unpaired) electrons. The second kappa shape index (κ2) is 9.06. The zero-order valence-corrected chi connectivity index (χ0v) is 14.4. The molecule has 3 unspecified atom stereocenters. The van der Waals surface area contributed by atoms with Gasteiger partial charge in [0.15, 0.2) is 0 Å². The van der Waals surface area contributed by atoms with Crippen LogP contribution in [0.15, 0.2) is 0 Å². The van der Waals surface area contributed by atoms with Gasteiger partial charge in [-0.15, -0.1) is 0 Å². The lowest BCUT2D eigenvalue weighted by Gasteiger charge is -2.39. The van der Waals surface area contributed by atoms with Crippen LogP contribution >= 0.6 is 0 Å². The second-order valence-electron chi connectivity index (χ2n) is 6.73. The fourth-order valence-corrected chi connectivity index (χ4v) is 3.07. The summed E-state index contributed by atoms with van der Waals surface area (Å²) in [6.45, 7) is 9.00. The maximum Gasteiger partial charge on any atom is 0.0615 e. The predicted molar refractivity (Wildman–Crippen MR) is 85.6 cm³/mol. The first-order chi connectivity index (χ1) is 9.95. The molecule has 1 aliphatic rings.